The van der Waals surface area contributed by atoms with E-state index in [0.29, 0.717) is 17.7 Å². The van der Waals surface area contributed by atoms with Crippen LogP contribution in [-0.2, 0) is 16.8 Å². The number of nitrogens with one attached hydrogen (secondary N) is 1. The van der Waals surface area contributed by atoms with E-state index in [0.717, 1.165) is 11.1 Å². The summed E-state index contributed by atoms with van der Waals surface area (Å²) in [5.74, 6) is 0.121. The van der Waals surface area contributed by atoms with E-state index >= 15 is 0 Å². The van der Waals surface area contributed by atoms with E-state index in [1.807, 2.05) is 12.1 Å². The second-order valence-corrected chi connectivity index (χ2v) is 8.32. The summed E-state index contributed by atoms with van der Waals surface area (Å²) in [4.78, 5) is 12.0. The number of carbonyl (C=O) groups is 1. The molecule has 1 N–H and O–H groups in total. The van der Waals surface area contributed by atoms with Crippen molar-refractivity contribution in [2.45, 2.75) is 38.0 Å². The standard InChI is InChI=1S/C21H22FN3O2S/c1-21(2,3)16-8-6-15(7-9-16)19-24-25-20(27-19)28-13-18(26)23-12-14-4-10-17(22)11-5-14/h4-11H,12-13H2,1-3H3,(H,23,26). The molecule has 7 heteroatoms. The third-order valence-electron chi connectivity index (χ3n) is 4.13. The van der Waals surface area contributed by atoms with Crippen LogP contribution in [0, 0.1) is 5.82 Å². The summed E-state index contributed by atoms with van der Waals surface area (Å²) < 4.78 is 18.5. The fourth-order valence-corrected chi connectivity index (χ4v) is 3.07. The summed E-state index contributed by atoms with van der Waals surface area (Å²) in [7, 11) is 0. The van der Waals surface area contributed by atoms with Gasteiger partial charge in [-0.3, -0.25) is 4.79 Å². The molecule has 0 aliphatic carbocycles. The third-order valence-corrected chi connectivity index (χ3v) is 4.95. The zero-order valence-corrected chi connectivity index (χ0v) is 16.8. The number of hydrogen-bond donors (Lipinski definition) is 1. The van der Waals surface area contributed by atoms with Crippen LogP contribution in [0.1, 0.15) is 31.9 Å². The van der Waals surface area contributed by atoms with Gasteiger partial charge in [0, 0.05) is 12.1 Å². The van der Waals surface area contributed by atoms with Gasteiger partial charge in [0.1, 0.15) is 5.82 Å². The Bertz CT molecular complexity index is 932. The van der Waals surface area contributed by atoms with Crippen LogP contribution in [0.2, 0.25) is 0 Å². The van der Waals surface area contributed by atoms with Crippen LogP contribution in [-0.4, -0.2) is 21.9 Å². The first-order valence-electron chi connectivity index (χ1n) is 8.89. The maximum atomic E-state index is 12.9. The van der Waals surface area contributed by atoms with Crippen LogP contribution in [0.25, 0.3) is 11.5 Å². The molecule has 0 atom stereocenters. The van der Waals surface area contributed by atoms with Crippen molar-refractivity contribution in [1.29, 1.82) is 0 Å². The van der Waals surface area contributed by atoms with Gasteiger partial charge in [-0.15, -0.1) is 10.2 Å². The summed E-state index contributed by atoms with van der Waals surface area (Å²) in [5, 5.41) is 11.2. The molecule has 0 bridgehead atoms. The van der Waals surface area contributed by atoms with Crippen molar-refractivity contribution >= 4 is 17.7 Å². The van der Waals surface area contributed by atoms with Crippen molar-refractivity contribution in [3.8, 4) is 11.5 Å². The van der Waals surface area contributed by atoms with Crippen LogP contribution in [0.15, 0.2) is 58.2 Å². The molecule has 1 amide bonds. The number of halogens is 1. The molecule has 0 aliphatic heterocycles. The second-order valence-electron chi connectivity index (χ2n) is 7.39. The summed E-state index contributed by atoms with van der Waals surface area (Å²) in [6, 6.07) is 14.0. The normalized spacial score (nSPS) is 11.4. The molecule has 28 heavy (non-hydrogen) atoms. The Kier molecular flexibility index (Phi) is 6.14. The molecule has 146 valence electrons. The van der Waals surface area contributed by atoms with Crippen LogP contribution in [0.5, 0.6) is 0 Å². The summed E-state index contributed by atoms with van der Waals surface area (Å²) in [6.45, 7) is 6.81. The van der Waals surface area contributed by atoms with Crippen LogP contribution >= 0.6 is 11.8 Å². The fourth-order valence-electron chi connectivity index (χ4n) is 2.48. The Labute approximate surface area is 167 Å². The first-order valence-corrected chi connectivity index (χ1v) is 9.88. The fraction of sp³-hybridized carbons (Fsp3) is 0.286. The van der Waals surface area contributed by atoms with Crippen molar-refractivity contribution < 1.29 is 13.6 Å². The second kappa shape index (κ2) is 8.56. The van der Waals surface area contributed by atoms with Gasteiger partial charge in [0.2, 0.25) is 11.8 Å². The molecule has 0 spiro atoms. The minimum atomic E-state index is -0.300. The molecule has 0 aliphatic rings. The van der Waals surface area contributed by atoms with Gasteiger partial charge >= 0.3 is 0 Å². The number of carbonyl (C=O) groups excluding carboxylic acids is 1. The number of aromatic nitrogens is 2. The van der Waals surface area contributed by atoms with Gasteiger partial charge in [0.15, 0.2) is 0 Å². The minimum absolute atomic E-state index is 0.0790. The smallest absolute Gasteiger partial charge is 0.277 e. The number of nitrogens with zero attached hydrogens (tertiary/aromatic N) is 2. The lowest BCUT2D eigenvalue weighted by atomic mass is 9.87. The van der Waals surface area contributed by atoms with E-state index in [-0.39, 0.29) is 22.9 Å². The Morgan fingerprint density at radius 3 is 2.39 bits per heavy atom. The highest BCUT2D eigenvalue weighted by Crippen LogP contribution is 2.27. The molecular weight excluding hydrogens is 377 g/mol. The number of hydrogen-bond acceptors (Lipinski definition) is 5. The lowest BCUT2D eigenvalue weighted by molar-refractivity contribution is -0.118. The Hall–Kier alpha value is -2.67. The van der Waals surface area contributed by atoms with E-state index in [1.54, 1.807) is 12.1 Å². The van der Waals surface area contributed by atoms with Crippen LogP contribution in [0.4, 0.5) is 4.39 Å². The van der Waals surface area contributed by atoms with E-state index < -0.39 is 0 Å². The predicted octanol–water partition coefficient (Wildman–Crippen LogP) is 4.58. The summed E-state index contributed by atoms with van der Waals surface area (Å²) in [5.41, 5.74) is 2.98. The Balaban J connectivity index is 1.51. The van der Waals surface area contributed by atoms with E-state index in [4.69, 9.17) is 4.42 Å². The van der Waals surface area contributed by atoms with Crippen molar-refractivity contribution in [3.63, 3.8) is 0 Å². The van der Waals surface area contributed by atoms with Gasteiger partial charge in [-0.1, -0.05) is 56.8 Å². The number of amides is 1. The van der Waals surface area contributed by atoms with E-state index in [1.165, 1.54) is 29.5 Å². The maximum Gasteiger partial charge on any atom is 0.277 e. The predicted molar refractivity (Wildman–Crippen MR) is 107 cm³/mol. The molecule has 1 heterocycles. The molecular formula is C21H22FN3O2S. The molecule has 0 unspecified atom stereocenters. The summed E-state index contributed by atoms with van der Waals surface area (Å²) in [6.07, 6.45) is 0. The SMILES string of the molecule is CC(C)(C)c1ccc(-c2nnc(SCC(=O)NCc3ccc(F)cc3)o2)cc1. The first-order chi connectivity index (χ1) is 13.3. The van der Waals surface area contributed by atoms with Gasteiger partial charge in [-0.05, 0) is 40.8 Å². The van der Waals surface area contributed by atoms with Gasteiger partial charge in [0.05, 0.1) is 5.75 Å². The van der Waals surface area contributed by atoms with Gasteiger partial charge in [-0.2, -0.15) is 0 Å². The van der Waals surface area contributed by atoms with Crippen molar-refractivity contribution in [1.82, 2.24) is 15.5 Å². The largest absolute Gasteiger partial charge is 0.411 e. The number of rotatable bonds is 6. The van der Waals surface area contributed by atoms with Crippen LogP contribution in [0.3, 0.4) is 0 Å². The molecule has 0 saturated heterocycles. The topological polar surface area (TPSA) is 68.0 Å². The molecule has 2 aromatic carbocycles. The molecule has 3 rings (SSSR count). The molecule has 5 nitrogen and oxygen atoms in total. The quantitative estimate of drug-likeness (QED) is 0.615. The van der Waals surface area contributed by atoms with E-state index in [9.17, 15) is 9.18 Å². The molecule has 1 aromatic heterocycles. The average molecular weight is 399 g/mol. The third kappa shape index (κ3) is 5.42. The average Bonchev–Trinajstić information content (AvgIpc) is 3.14. The monoisotopic (exact) mass is 399 g/mol. The lowest BCUT2D eigenvalue weighted by Crippen LogP contribution is -2.24. The van der Waals surface area contributed by atoms with E-state index in [2.05, 4.69) is 48.4 Å². The number of thioether (sulfide) groups is 1. The lowest BCUT2D eigenvalue weighted by Gasteiger charge is -2.18. The Morgan fingerprint density at radius 2 is 1.75 bits per heavy atom. The highest BCUT2D eigenvalue weighted by Gasteiger charge is 2.15. The van der Waals surface area contributed by atoms with Crippen LogP contribution < -0.4 is 5.32 Å². The summed E-state index contributed by atoms with van der Waals surface area (Å²) >= 11 is 1.18. The van der Waals surface area contributed by atoms with Crippen molar-refractivity contribution in [3.05, 3.63) is 65.5 Å². The Morgan fingerprint density at radius 1 is 1.07 bits per heavy atom. The van der Waals surface area contributed by atoms with Gasteiger partial charge in [0.25, 0.3) is 5.22 Å². The van der Waals surface area contributed by atoms with Gasteiger partial charge in [-0.25, -0.2) is 4.39 Å². The highest BCUT2D eigenvalue weighted by molar-refractivity contribution is 7.99. The maximum absolute atomic E-state index is 12.9. The minimum Gasteiger partial charge on any atom is -0.411 e. The zero-order valence-electron chi connectivity index (χ0n) is 16.0. The zero-order chi connectivity index (χ0) is 20.1. The first kappa shape index (κ1) is 20.1. The molecule has 0 fully saturated rings. The van der Waals surface area contributed by atoms with Crippen molar-refractivity contribution in [2.24, 2.45) is 0 Å². The highest BCUT2D eigenvalue weighted by atomic mass is 32.2. The molecule has 0 saturated carbocycles. The molecule has 0 radical (unpaired) electrons. The van der Waals surface area contributed by atoms with Crippen molar-refractivity contribution in [2.75, 3.05) is 5.75 Å². The van der Waals surface area contributed by atoms with Gasteiger partial charge < -0.3 is 9.73 Å². The molecule has 3 aromatic rings. The number of benzene rings is 2.